The highest BCUT2D eigenvalue weighted by molar-refractivity contribution is 4.85. The maximum Gasteiger partial charge on any atom is 0.0779 e. The van der Waals surface area contributed by atoms with E-state index in [0.717, 1.165) is 19.7 Å². The molecule has 0 aromatic carbocycles. The fourth-order valence-electron chi connectivity index (χ4n) is 1.51. The van der Waals surface area contributed by atoms with Gasteiger partial charge in [0.25, 0.3) is 0 Å². The fourth-order valence-corrected chi connectivity index (χ4v) is 1.51. The topological polar surface area (TPSA) is 21.3 Å². The van der Waals surface area contributed by atoms with Gasteiger partial charge in [0.05, 0.1) is 5.60 Å². The molecule has 0 aliphatic carbocycles. The zero-order valence-electron chi connectivity index (χ0n) is 8.10. The van der Waals surface area contributed by atoms with Crippen LogP contribution in [0.5, 0.6) is 0 Å². The van der Waals surface area contributed by atoms with E-state index < -0.39 is 0 Å². The van der Waals surface area contributed by atoms with Gasteiger partial charge in [0, 0.05) is 19.7 Å². The second kappa shape index (κ2) is 4.63. The van der Waals surface area contributed by atoms with E-state index in [0.29, 0.717) is 0 Å². The highest BCUT2D eigenvalue weighted by atomic mass is 16.5. The first-order valence-corrected chi connectivity index (χ1v) is 4.73. The summed E-state index contributed by atoms with van der Waals surface area (Å²) in [5, 5.41) is 3.36. The van der Waals surface area contributed by atoms with Crippen molar-refractivity contribution < 1.29 is 4.74 Å². The third kappa shape index (κ3) is 2.95. The third-order valence-electron chi connectivity index (χ3n) is 2.30. The molecule has 1 N–H and O–H groups in total. The second-order valence-electron chi connectivity index (χ2n) is 3.60. The molecule has 0 radical (unpaired) electrons. The Labute approximate surface area is 75.0 Å². The summed E-state index contributed by atoms with van der Waals surface area (Å²) in [5.74, 6) is 0. The Morgan fingerprint density at radius 2 is 2.42 bits per heavy atom. The molecule has 0 bridgehead atoms. The van der Waals surface area contributed by atoms with Gasteiger partial charge in [-0.25, -0.2) is 0 Å². The highest BCUT2D eigenvalue weighted by Crippen LogP contribution is 2.23. The van der Waals surface area contributed by atoms with E-state index in [1.54, 1.807) is 0 Å². The SMILES string of the molecule is C/C=C/CNCC1(C)CCCO1. The summed E-state index contributed by atoms with van der Waals surface area (Å²) in [6.07, 6.45) is 6.58. The monoisotopic (exact) mass is 169 g/mol. The van der Waals surface area contributed by atoms with Crippen molar-refractivity contribution in [2.75, 3.05) is 19.7 Å². The van der Waals surface area contributed by atoms with Crippen LogP contribution in [0.3, 0.4) is 0 Å². The maximum atomic E-state index is 5.63. The molecule has 1 aliphatic heterocycles. The van der Waals surface area contributed by atoms with Crippen molar-refractivity contribution in [3.05, 3.63) is 12.2 Å². The van der Waals surface area contributed by atoms with Crippen molar-refractivity contribution in [2.45, 2.75) is 32.3 Å². The average molecular weight is 169 g/mol. The minimum atomic E-state index is 0.0988. The van der Waals surface area contributed by atoms with Crippen LogP contribution < -0.4 is 5.32 Å². The largest absolute Gasteiger partial charge is 0.374 e. The number of ether oxygens (including phenoxy) is 1. The van der Waals surface area contributed by atoms with Crippen LogP contribution >= 0.6 is 0 Å². The van der Waals surface area contributed by atoms with Gasteiger partial charge in [-0.3, -0.25) is 0 Å². The van der Waals surface area contributed by atoms with Gasteiger partial charge in [0.2, 0.25) is 0 Å². The molecule has 2 nitrogen and oxygen atoms in total. The molecule has 0 aromatic rings. The lowest BCUT2D eigenvalue weighted by atomic mass is 10.0. The van der Waals surface area contributed by atoms with Gasteiger partial charge >= 0.3 is 0 Å². The summed E-state index contributed by atoms with van der Waals surface area (Å²) in [7, 11) is 0. The van der Waals surface area contributed by atoms with Crippen molar-refractivity contribution in [1.29, 1.82) is 0 Å². The molecule has 1 heterocycles. The molecule has 2 heteroatoms. The van der Waals surface area contributed by atoms with Crippen LogP contribution in [0.25, 0.3) is 0 Å². The van der Waals surface area contributed by atoms with Crippen LogP contribution in [-0.4, -0.2) is 25.3 Å². The molecule has 1 fully saturated rings. The second-order valence-corrected chi connectivity index (χ2v) is 3.60. The van der Waals surface area contributed by atoms with E-state index >= 15 is 0 Å². The zero-order chi connectivity index (χ0) is 8.86. The van der Waals surface area contributed by atoms with E-state index in [2.05, 4.69) is 24.4 Å². The first-order valence-electron chi connectivity index (χ1n) is 4.73. The summed E-state index contributed by atoms with van der Waals surface area (Å²) in [5.41, 5.74) is 0.0988. The number of allylic oxidation sites excluding steroid dienone is 1. The zero-order valence-corrected chi connectivity index (χ0v) is 8.10. The molecule has 0 amide bonds. The lowest BCUT2D eigenvalue weighted by molar-refractivity contribution is 0.0217. The number of hydrogen-bond acceptors (Lipinski definition) is 2. The van der Waals surface area contributed by atoms with Gasteiger partial charge in [-0.15, -0.1) is 0 Å². The van der Waals surface area contributed by atoms with Crippen molar-refractivity contribution >= 4 is 0 Å². The molecule has 1 atom stereocenters. The van der Waals surface area contributed by atoms with Crippen LogP contribution in [0.1, 0.15) is 26.7 Å². The first kappa shape index (κ1) is 9.75. The minimum absolute atomic E-state index is 0.0988. The van der Waals surface area contributed by atoms with Crippen LogP contribution in [-0.2, 0) is 4.74 Å². The summed E-state index contributed by atoms with van der Waals surface area (Å²) in [6.45, 7) is 7.08. The number of hydrogen-bond donors (Lipinski definition) is 1. The Hall–Kier alpha value is -0.340. The first-order chi connectivity index (χ1) is 5.77. The van der Waals surface area contributed by atoms with Gasteiger partial charge in [-0.05, 0) is 26.7 Å². The standard InChI is InChI=1S/C10H19NO/c1-3-4-7-11-9-10(2)6-5-8-12-10/h3-4,11H,5-9H2,1-2H3/b4-3+. The predicted octanol–water partition coefficient (Wildman–Crippen LogP) is 1.72. The predicted molar refractivity (Wildman–Crippen MR) is 51.3 cm³/mol. The summed E-state index contributed by atoms with van der Waals surface area (Å²) in [4.78, 5) is 0. The normalized spacial score (nSPS) is 30.2. The molecule has 1 rings (SSSR count). The van der Waals surface area contributed by atoms with Crippen molar-refractivity contribution in [3.8, 4) is 0 Å². The molecule has 1 saturated heterocycles. The van der Waals surface area contributed by atoms with Gasteiger partial charge in [-0.1, -0.05) is 12.2 Å². The Kier molecular flexibility index (Phi) is 3.76. The van der Waals surface area contributed by atoms with E-state index in [4.69, 9.17) is 4.74 Å². The number of rotatable bonds is 4. The number of nitrogens with one attached hydrogen (secondary N) is 1. The van der Waals surface area contributed by atoms with E-state index in [1.165, 1.54) is 12.8 Å². The van der Waals surface area contributed by atoms with Crippen molar-refractivity contribution in [2.24, 2.45) is 0 Å². The lowest BCUT2D eigenvalue weighted by Crippen LogP contribution is -2.37. The van der Waals surface area contributed by atoms with Crippen LogP contribution in [0.15, 0.2) is 12.2 Å². The molecule has 0 aromatic heterocycles. The van der Waals surface area contributed by atoms with Crippen LogP contribution in [0.2, 0.25) is 0 Å². The van der Waals surface area contributed by atoms with Crippen LogP contribution in [0.4, 0.5) is 0 Å². The van der Waals surface area contributed by atoms with Crippen molar-refractivity contribution in [1.82, 2.24) is 5.32 Å². The van der Waals surface area contributed by atoms with E-state index in [-0.39, 0.29) is 5.60 Å². The minimum Gasteiger partial charge on any atom is -0.374 e. The maximum absolute atomic E-state index is 5.63. The summed E-state index contributed by atoms with van der Waals surface area (Å²) < 4.78 is 5.63. The fraction of sp³-hybridized carbons (Fsp3) is 0.800. The Balaban J connectivity index is 2.12. The molecule has 0 spiro atoms. The lowest BCUT2D eigenvalue weighted by Gasteiger charge is -2.22. The van der Waals surface area contributed by atoms with Crippen molar-refractivity contribution in [3.63, 3.8) is 0 Å². The molecule has 12 heavy (non-hydrogen) atoms. The van der Waals surface area contributed by atoms with Gasteiger partial charge < -0.3 is 10.1 Å². The van der Waals surface area contributed by atoms with Gasteiger partial charge in [-0.2, -0.15) is 0 Å². The highest BCUT2D eigenvalue weighted by Gasteiger charge is 2.28. The molecule has 0 saturated carbocycles. The van der Waals surface area contributed by atoms with Crippen LogP contribution in [0, 0.1) is 0 Å². The molecule has 70 valence electrons. The van der Waals surface area contributed by atoms with E-state index in [1.807, 2.05) is 6.92 Å². The van der Waals surface area contributed by atoms with Gasteiger partial charge in [0.15, 0.2) is 0 Å². The molecular weight excluding hydrogens is 150 g/mol. The molecular formula is C10H19NO. The summed E-state index contributed by atoms with van der Waals surface area (Å²) >= 11 is 0. The Morgan fingerprint density at radius 3 is 3.00 bits per heavy atom. The van der Waals surface area contributed by atoms with Gasteiger partial charge in [0.1, 0.15) is 0 Å². The average Bonchev–Trinajstić information content (AvgIpc) is 2.47. The Morgan fingerprint density at radius 1 is 1.58 bits per heavy atom. The molecule has 1 aliphatic rings. The molecule has 1 unspecified atom stereocenters. The quantitative estimate of drug-likeness (QED) is 0.511. The summed E-state index contributed by atoms with van der Waals surface area (Å²) in [6, 6.07) is 0. The third-order valence-corrected chi connectivity index (χ3v) is 2.30. The smallest absolute Gasteiger partial charge is 0.0779 e. The van der Waals surface area contributed by atoms with E-state index in [9.17, 15) is 0 Å². The Bertz CT molecular complexity index is 148.